The van der Waals surface area contributed by atoms with E-state index in [9.17, 15) is 0 Å². The number of ether oxygens (including phenoxy) is 1. The summed E-state index contributed by atoms with van der Waals surface area (Å²) in [5, 5.41) is 0. The minimum atomic E-state index is 0.122. The molecule has 3 heteroatoms. The molecule has 16 heavy (non-hydrogen) atoms. The van der Waals surface area contributed by atoms with Crippen molar-refractivity contribution in [3.05, 3.63) is 29.8 Å². The van der Waals surface area contributed by atoms with Gasteiger partial charge < -0.3 is 10.5 Å². The first-order chi connectivity index (χ1) is 7.75. The van der Waals surface area contributed by atoms with Crippen molar-refractivity contribution in [2.45, 2.75) is 36.8 Å². The second kappa shape index (κ2) is 5.71. The van der Waals surface area contributed by atoms with Gasteiger partial charge in [0.05, 0.1) is 6.10 Å². The zero-order valence-corrected chi connectivity index (χ0v) is 10.5. The van der Waals surface area contributed by atoms with Crippen molar-refractivity contribution in [2.75, 3.05) is 12.4 Å². The van der Waals surface area contributed by atoms with Gasteiger partial charge in [-0.05, 0) is 37.5 Å². The van der Waals surface area contributed by atoms with E-state index in [4.69, 9.17) is 10.5 Å². The Balaban J connectivity index is 1.84. The molecule has 2 rings (SSSR count). The van der Waals surface area contributed by atoms with Crippen LogP contribution in [0.5, 0.6) is 0 Å². The average molecular weight is 237 g/mol. The van der Waals surface area contributed by atoms with E-state index in [1.165, 1.54) is 23.3 Å². The largest absolute Gasteiger partial charge is 0.377 e. The maximum Gasteiger partial charge on any atom is 0.0669 e. The molecular weight excluding hydrogens is 218 g/mol. The van der Waals surface area contributed by atoms with Crippen LogP contribution in [0.25, 0.3) is 0 Å². The maximum absolute atomic E-state index is 5.81. The first-order valence-corrected chi connectivity index (χ1v) is 6.84. The van der Waals surface area contributed by atoms with Crippen LogP contribution in [0.1, 0.15) is 31.4 Å². The molecule has 2 unspecified atom stereocenters. The summed E-state index contributed by atoms with van der Waals surface area (Å²) in [6, 6.07) is 8.65. The van der Waals surface area contributed by atoms with Gasteiger partial charge in [-0.15, -0.1) is 11.8 Å². The molecule has 1 heterocycles. The summed E-state index contributed by atoms with van der Waals surface area (Å²) in [5.41, 5.74) is 7.01. The fraction of sp³-hybridized carbons (Fsp3) is 0.538. The van der Waals surface area contributed by atoms with Crippen LogP contribution in [-0.4, -0.2) is 18.5 Å². The lowest BCUT2D eigenvalue weighted by atomic mass is 10.1. The lowest BCUT2D eigenvalue weighted by Crippen LogP contribution is -2.07. The lowest BCUT2D eigenvalue weighted by molar-refractivity contribution is 0.129. The number of hydrogen-bond acceptors (Lipinski definition) is 3. The van der Waals surface area contributed by atoms with Gasteiger partial charge in [0.2, 0.25) is 0 Å². The van der Waals surface area contributed by atoms with Crippen molar-refractivity contribution in [3.8, 4) is 0 Å². The van der Waals surface area contributed by atoms with E-state index in [0.29, 0.717) is 6.10 Å². The molecule has 0 bridgehead atoms. The van der Waals surface area contributed by atoms with Crippen LogP contribution in [0.2, 0.25) is 0 Å². The van der Waals surface area contributed by atoms with Gasteiger partial charge in [-0.3, -0.25) is 0 Å². The number of benzene rings is 1. The van der Waals surface area contributed by atoms with E-state index >= 15 is 0 Å². The molecule has 0 saturated carbocycles. The van der Waals surface area contributed by atoms with E-state index < -0.39 is 0 Å². The molecule has 1 aromatic rings. The third kappa shape index (κ3) is 3.24. The molecule has 2 atom stereocenters. The van der Waals surface area contributed by atoms with Gasteiger partial charge in [0.1, 0.15) is 0 Å². The summed E-state index contributed by atoms with van der Waals surface area (Å²) >= 11 is 1.87. The molecule has 1 aromatic carbocycles. The number of rotatable bonds is 4. The third-order valence-electron chi connectivity index (χ3n) is 2.87. The Labute approximate surface area is 102 Å². The Morgan fingerprint density at radius 3 is 2.75 bits per heavy atom. The van der Waals surface area contributed by atoms with Gasteiger partial charge in [0.25, 0.3) is 0 Å². The van der Waals surface area contributed by atoms with Crippen LogP contribution in [0.3, 0.4) is 0 Å². The molecule has 0 aliphatic carbocycles. The second-order valence-electron chi connectivity index (χ2n) is 4.30. The summed E-state index contributed by atoms with van der Waals surface area (Å²) in [6.07, 6.45) is 2.89. The van der Waals surface area contributed by atoms with Gasteiger partial charge in [-0.25, -0.2) is 0 Å². The summed E-state index contributed by atoms with van der Waals surface area (Å²) < 4.78 is 5.60. The number of nitrogens with two attached hydrogens (primary N) is 1. The van der Waals surface area contributed by atoms with Crippen molar-refractivity contribution in [1.82, 2.24) is 0 Å². The zero-order valence-electron chi connectivity index (χ0n) is 9.69. The summed E-state index contributed by atoms with van der Waals surface area (Å²) in [6.45, 7) is 2.95. The monoisotopic (exact) mass is 237 g/mol. The van der Waals surface area contributed by atoms with E-state index in [-0.39, 0.29) is 6.04 Å². The highest BCUT2D eigenvalue weighted by molar-refractivity contribution is 7.99. The van der Waals surface area contributed by atoms with E-state index in [1.807, 2.05) is 18.7 Å². The van der Waals surface area contributed by atoms with Gasteiger partial charge >= 0.3 is 0 Å². The number of thioether (sulfide) groups is 1. The SMILES string of the molecule is CC(N)c1ccc(SCC2CCCO2)cc1. The quantitative estimate of drug-likeness (QED) is 0.818. The van der Waals surface area contributed by atoms with Crippen molar-refractivity contribution in [2.24, 2.45) is 5.73 Å². The molecule has 1 fully saturated rings. The normalized spacial score (nSPS) is 22.2. The maximum atomic E-state index is 5.81. The topological polar surface area (TPSA) is 35.2 Å². The average Bonchev–Trinajstić information content (AvgIpc) is 2.80. The van der Waals surface area contributed by atoms with Crippen LogP contribution in [0.15, 0.2) is 29.2 Å². The standard InChI is InChI=1S/C13H19NOS/c1-10(14)11-4-6-13(7-5-11)16-9-12-3-2-8-15-12/h4-7,10,12H,2-3,8-9,14H2,1H3. The molecule has 0 aromatic heterocycles. The molecular formula is C13H19NOS. The molecule has 2 N–H and O–H groups in total. The Bertz CT molecular complexity index is 317. The predicted molar refractivity (Wildman–Crippen MR) is 68.7 cm³/mol. The molecule has 88 valence electrons. The molecule has 0 radical (unpaired) electrons. The third-order valence-corrected chi connectivity index (χ3v) is 4.01. The van der Waals surface area contributed by atoms with Gasteiger partial charge in [0, 0.05) is 23.3 Å². The van der Waals surface area contributed by atoms with Crippen LogP contribution >= 0.6 is 11.8 Å². The smallest absolute Gasteiger partial charge is 0.0669 e. The summed E-state index contributed by atoms with van der Waals surface area (Å²) in [4.78, 5) is 1.31. The minimum absolute atomic E-state index is 0.122. The fourth-order valence-electron chi connectivity index (χ4n) is 1.83. The van der Waals surface area contributed by atoms with Crippen molar-refractivity contribution in [3.63, 3.8) is 0 Å². The highest BCUT2D eigenvalue weighted by Crippen LogP contribution is 2.24. The van der Waals surface area contributed by atoms with Crippen LogP contribution in [0.4, 0.5) is 0 Å². The van der Waals surface area contributed by atoms with Crippen molar-refractivity contribution in [1.29, 1.82) is 0 Å². The highest BCUT2D eigenvalue weighted by atomic mass is 32.2. The van der Waals surface area contributed by atoms with E-state index in [0.717, 1.165) is 12.4 Å². The summed E-state index contributed by atoms with van der Waals surface area (Å²) in [7, 11) is 0. The predicted octanol–water partition coefficient (Wildman–Crippen LogP) is 2.98. The van der Waals surface area contributed by atoms with Crippen molar-refractivity contribution < 1.29 is 4.74 Å². The van der Waals surface area contributed by atoms with Crippen molar-refractivity contribution >= 4 is 11.8 Å². The van der Waals surface area contributed by atoms with Crippen LogP contribution in [0, 0.1) is 0 Å². The number of hydrogen-bond donors (Lipinski definition) is 1. The molecule has 1 saturated heterocycles. The first kappa shape index (κ1) is 12.0. The van der Waals surface area contributed by atoms with E-state index in [1.54, 1.807) is 0 Å². The van der Waals surface area contributed by atoms with E-state index in [2.05, 4.69) is 24.3 Å². The highest BCUT2D eigenvalue weighted by Gasteiger charge is 2.15. The Morgan fingerprint density at radius 2 is 2.19 bits per heavy atom. The summed E-state index contributed by atoms with van der Waals surface area (Å²) in [5.74, 6) is 1.07. The Morgan fingerprint density at radius 1 is 1.44 bits per heavy atom. The van der Waals surface area contributed by atoms with Gasteiger partial charge in [-0.1, -0.05) is 12.1 Å². The minimum Gasteiger partial charge on any atom is -0.377 e. The molecule has 0 spiro atoms. The zero-order chi connectivity index (χ0) is 11.4. The van der Waals surface area contributed by atoms with Crippen LogP contribution < -0.4 is 5.73 Å². The first-order valence-electron chi connectivity index (χ1n) is 5.85. The molecule has 1 aliphatic heterocycles. The van der Waals surface area contributed by atoms with Gasteiger partial charge in [0.15, 0.2) is 0 Å². The second-order valence-corrected chi connectivity index (χ2v) is 5.40. The molecule has 2 nitrogen and oxygen atoms in total. The van der Waals surface area contributed by atoms with Gasteiger partial charge in [-0.2, -0.15) is 0 Å². The molecule has 0 amide bonds. The lowest BCUT2D eigenvalue weighted by Gasteiger charge is -2.10. The van der Waals surface area contributed by atoms with Crippen LogP contribution in [-0.2, 0) is 4.74 Å². The fourth-order valence-corrected chi connectivity index (χ4v) is 2.80. The Hall–Kier alpha value is -0.510. The Kier molecular flexibility index (Phi) is 4.27. The molecule has 1 aliphatic rings.